The van der Waals surface area contributed by atoms with E-state index in [1.807, 2.05) is 78.3 Å². The van der Waals surface area contributed by atoms with Crippen molar-refractivity contribution in [3.63, 3.8) is 0 Å². The highest BCUT2D eigenvalue weighted by molar-refractivity contribution is 7.21. The smallest absolute Gasteiger partial charge is 0.266 e. The molecule has 152 valence electrons. The lowest BCUT2D eigenvalue weighted by molar-refractivity contribution is 0.0959. The summed E-state index contributed by atoms with van der Waals surface area (Å²) in [5, 5.41) is 12.2. The van der Waals surface area contributed by atoms with E-state index in [1.165, 1.54) is 11.3 Å². The van der Waals surface area contributed by atoms with Crippen LogP contribution in [0.2, 0.25) is 5.02 Å². The summed E-state index contributed by atoms with van der Waals surface area (Å²) >= 11 is 9.34. The van der Waals surface area contributed by atoms with E-state index in [0.717, 1.165) is 31.9 Å². The normalized spacial score (nSPS) is 11.4. The molecule has 0 saturated carbocycles. The Balaban J connectivity index is 1.43. The molecule has 0 radical (unpaired) electrons. The molecule has 3 heterocycles. The van der Waals surface area contributed by atoms with Gasteiger partial charge < -0.3 is 0 Å². The number of hydrogen-bond acceptors (Lipinski definition) is 5. The van der Waals surface area contributed by atoms with Crippen LogP contribution in [0.4, 0.5) is 0 Å². The second kappa shape index (κ2) is 8.47. The molecule has 0 atom stereocenters. The zero-order valence-corrected chi connectivity index (χ0v) is 18.4. The van der Waals surface area contributed by atoms with Crippen molar-refractivity contribution in [2.45, 2.75) is 0 Å². The van der Waals surface area contributed by atoms with E-state index in [2.05, 4.69) is 10.5 Å². The standard InChI is InChI=1S/C23H15ClN4OS2/c24-20-17-9-4-5-10-18(17)31-22(20)23(29)26-25-13-15-14-28(16-7-2-1-3-8-16)27-21(15)19-11-6-12-30-19/h1-14H,(H,26,29)/b25-13-. The number of hydrazone groups is 1. The van der Waals surface area contributed by atoms with Gasteiger partial charge in [-0.1, -0.05) is 54.1 Å². The first-order chi connectivity index (χ1) is 15.2. The van der Waals surface area contributed by atoms with Crippen molar-refractivity contribution in [1.29, 1.82) is 0 Å². The Morgan fingerprint density at radius 3 is 2.65 bits per heavy atom. The summed E-state index contributed by atoms with van der Waals surface area (Å²) in [5.74, 6) is -0.337. The predicted molar refractivity (Wildman–Crippen MR) is 129 cm³/mol. The highest BCUT2D eigenvalue weighted by Gasteiger charge is 2.17. The molecule has 0 fully saturated rings. The Bertz CT molecular complexity index is 1390. The summed E-state index contributed by atoms with van der Waals surface area (Å²) < 4.78 is 2.77. The van der Waals surface area contributed by atoms with E-state index in [-0.39, 0.29) is 5.91 Å². The maximum atomic E-state index is 12.6. The molecule has 0 aliphatic heterocycles. The SMILES string of the molecule is O=C(N/N=C\c1cn(-c2ccccc2)nc1-c1cccs1)c1sc2ccccc2c1Cl. The number of amides is 1. The van der Waals surface area contributed by atoms with E-state index in [9.17, 15) is 4.79 Å². The fraction of sp³-hybridized carbons (Fsp3) is 0. The molecule has 31 heavy (non-hydrogen) atoms. The van der Waals surface area contributed by atoms with Gasteiger partial charge in [-0.2, -0.15) is 10.2 Å². The molecule has 3 aromatic heterocycles. The Kier molecular flexibility index (Phi) is 5.38. The Morgan fingerprint density at radius 1 is 1.06 bits per heavy atom. The van der Waals surface area contributed by atoms with Gasteiger partial charge in [0.2, 0.25) is 0 Å². The molecule has 1 amide bonds. The maximum Gasteiger partial charge on any atom is 0.283 e. The minimum Gasteiger partial charge on any atom is -0.266 e. The van der Waals surface area contributed by atoms with Crippen molar-refractivity contribution in [3.8, 4) is 16.3 Å². The highest BCUT2D eigenvalue weighted by atomic mass is 35.5. The number of nitrogens with zero attached hydrogens (tertiary/aromatic N) is 3. The third-order valence-electron chi connectivity index (χ3n) is 4.63. The van der Waals surface area contributed by atoms with Gasteiger partial charge in [0, 0.05) is 21.8 Å². The number of thiophene rings is 2. The molecule has 5 aromatic rings. The number of fused-ring (bicyclic) bond motifs is 1. The first kappa shape index (κ1) is 19.7. The van der Waals surface area contributed by atoms with Crippen LogP contribution in [0.5, 0.6) is 0 Å². The first-order valence-corrected chi connectivity index (χ1v) is 11.5. The lowest BCUT2D eigenvalue weighted by Crippen LogP contribution is -2.16. The minimum absolute atomic E-state index is 0.337. The van der Waals surface area contributed by atoms with Gasteiger partial charge in [-0.3, -0.25) is 4.79 Å². The van der Waals surface area contributed by atoms with Crippen LogP contribution < -0.4 is 5.43 Å². The van der Waals surface area contributed by atoms with E-state index in [4.69, 9.17) is 16.7 Å². The van der Waals surface area contributed by atoms with E-state index < -0.39 is 0 Å². The quantitative estimate of drug-likeness (QED) is 0.248. The molecule has 0 unspecified atom stereocenters. The van der Waals surface area contributed by atoms with Crippen LogP contribution in [-0.4, -0.2) is 21.9 Å². The van der Waals surface area contributed by atoms with Crippen molar-refractivity contribution in [3.05, 3.63) is 93.8 Å². The maximum absolute atomic E-state index is 12.6. The number of benzene rings is 2. The lowest BCUT2D eigenvalue weighted by Gasteiger charge is -1.98. The minimum atomic E-state index is -0.337. The van der Waals surface area contributed by atoms with Gasteiger partial charge in [0.05, 0.1) is 21.8 Å². The summed E-state index contributed by atoms with van der Waals surface area (Å²) in [6, 6.07) is 21.5. The third-order valence-corrected chi connectivity index (χ3v) is 7.18. The first-order valence-electron chi connectivity index (χ1n) is 9.40. The monoisotopic (exact) mass is 462 g/mol. The van der Waals surface area contributed by atoms with Crippen molar-refractivity contribution in [2.24, 2.45) is 5.10 Å². The fourth-order valence-electron chi connectivity index (χ4n) is 3.17. The molecule has 1 N–H and O–H groups in total. The predicted octanol–water partition coefficient (Wildman–Crippen LogP) is 6.23. The number of carbonyl (C=O) groups excluding carboxylic acids is 1. The second-order valence-electron chi connectivity index (χ2n) is 6.63. The number of aromatic nitrogens is 2. The van der Waals surface area contributed by atoms with Gasteiger partial charge >= 0.3 is 0 Å². The Hall–Kier alpha value is -3.26. The number of halogens is 1. The fourth-order valence-corrected chi connectivity index (χ4v) is 5.31. The number of hydrogen-bond donors (Lipinski definition) is 1. The van der Waals surface area contributed by atoms with Gasteiger partial charge in [0.1, 0.15) is 10.6 Å². The molecular weight excluding hydrogens is 448 g/mol. The van der Waals surface area contributed by atoms with Crippen LogP contribution in [0.3, 0.4) is 0 Å². The van der Waals surface area contributed by atoms with Crippen LogP contribution in [0.1, 0.15) is 15.2 Å². The van der Waals surface area contributed by atoms with E-state index in [0.29, 0.717) is 9.90 Å². The molecule has 8 heteroatoms. The van der Waals surface area contributed by atoms with Crippen molar-refractivity contribution in [1.82, 2.24) is 15.2 Å². The van der Waals surface area contributed by atoms with Crippen LogP contribution in [0.15, 0.2) is 83.4 Å². The molecule has 5 rings (SSSR count). The molecule has 0 spiro atoms. The van der Waals surface area contributed by atoms with Crippen molar-refractivity contribution in [2.75, 3.05) is 0 Å². The number of rotatable bonds is 5. The van der Waals surface area contributed by atoms with Crippen LogP contribution in [0, 0.1) is 0 Å². The average Bonchev–Trinajstić information content (AvgIpc) is 3.54. The van der Waals surface area contributed by atoms with Gasteiger partial charge in [-0.25, -0.2) is 10.1 Å². The van der Waals surface area contributed by atoms with E-state index in [1.54, 1.807) is 22.2 Å². The van der Waals surface area contributed by atoms with Gasteiger partial charge in [-0.15, -0.1) is 22.7 Å². The van der Waals surface area contributed by atoms with Gasteiger partial charge in [0.25, 0.3) is 5.91 Å². The molecular formula is C23H15ClN4OS2. The average molecular weight is 463 g/mol. The zero-order valence-electron chi connectivity index (χ0n) is 16.0. The van der Waals surface area contributed by atoms with Gasteiger partial charge in [-0.05, 0) is 29.6 Å². The van der Waals surface area contributed by atoms with Crippen molar-refractivity contribution < 1.29 is 4.79 Å². The molecule has 0 saturated heterocycles. The number of para-hydroxylation sites is 1. The van der Waals surface area contributed by atoms with Crippen LogP contribution in [-0.2, 0) is 0 Å². The van der Waals surface area contributed by atoms with Crippen molar-refractivity contribution >= 4 is 56.5 Å². The summed E-state index contributed by atoms with van der Waals surface area (Å²) in [7, 11) is 0. The van der Waals surface area contributed by atoms with Crippen LogP contribution in [0.25, 0.3) is 26.3 Å². The van der Waals surface area contributed by atoms with Crippen LogP contribution >= 0.6 is 34.3 Å². The Labute approximate surface area is 191 Å². The largest absolute Gasteiger partial charge is 0.283 e. The molecule has 2 aromatic carbocycles. The molecule has 0 aliphatic carbocycles. The second-order valence-corrected chi connectivity index (χ2v) is 9.01. The summed E-state index contributed by atoms with van der Waals surface area (Å²) in [5.41, 5.74) is 5.14. The molecule has 0 aliphatic rings. The summed E-state index contributed by atoms with van der Waals surface area (Å²) in [4.78, 5) is 14.1. The number of carbonyl (C=O) groups is 1. The number of nitrogens with one attached hydrogen (secondary N) is 1. The molecule has 5 nitrogen and oxygen atoms in total. The highest BCUT2D eigenvalue weighted by Crippen LogP contribution is 2.35. The third kappa shape index (κ3) is 3.90. The Morgan fingerprint density at radius 2 is 1.87 bits per heavy atom. The lowest BCUT2D eigenvalue weighted by atomic mass is 10.2. The van der Waals surface area contributed by atoms with Gasteiger partial charge in [0.15, 0.2) is 0 Å². The zero-order chi connectivity index (χ0) is 21.2. The summed E-state index contributed by atoms with van der Waals surface area (Å²) in [6.07, 6.45) is 3.51. The molecule has 0 bridgehead atoms. The summed E-state index contributed by atoms with van der Waals surface area (Å²) in [6.45, 7) is 0. The topological polar surface area (TPSA) is 59.3 Å². The van der Waals surface area contributed by atoms with E-state index >= 15 is 0 Å².